The van der Waals surface area contributed by atoms with Crippen LogP contribution in [0.5, 0.6) is 11.5 Å². The Morgan fingerprint density at radius 1 is 1.23 bits per heavy atom. The number of carbonyl (C=O) groups is 1. The van der Waals surface area contributed by atoms with Gasteiger partial charge in [0.05, 0.1) is 30.8 Å². The first-order chi connectivity index (χ1) is 12.5. The number of para-hydroxylation sites is 4. The minimum absolute atomic E-state index is 0.0673. The van der Waals surface area contributed by atoms with E-state index in [0.29, 0.717) is 22.9 Å². The van der Waals surface area contributed by atoms with Gasteiger partial charge in [0.15, 0.2) is 6.10 Å². The Hall–Kier alpha value is -2.74. The molecule has 26 heavy (non-hydrogen) atoms. The van der Waals surface area contributed by atoms with Crippen molar-refractivity contribution in [1.82, 2.24) is 0 Å². The molecule has 1 N–H and O–H groups in total. The van der Waals surface area contributed by atoms with Crippen LogP contribution >= 0.6 is 0 Å². The van der Waals surface area contributed by atoms with Crippen molar-refractivity contribution in [2.24, 2.45) is 0 Å². The van der Waals surface area contributed by atoms with Crippen LogP contribution in [-0.2, 0) is 14.8 Å². The van der Waals surface area contributed by atoms with Crippen LogP contribution in [0.2, 0.25) is 0 Å². The fourth-order valence-electron chi connectivity index (χ4n) is 2.72. The van der Waals surface area contributed by atoms with Crippen LogP contribution in [0.25, 0.3) is 0 Å². The van der Waals surface area contributed by atoms with Crippen molar-refractivity contribution in [1.29, 1.82) is 0 Å². The molecule has 1 atom stereocenters. The second-order valence-electron chi connectivity index (χ2n) is 5.70. The maximum Gasteiger partial charge on any atom is 0.267 e. The minimum atomic E-state index is -3.54. The van der Waals surface area contributed by atoms with Crippen LogP contribution in [-0.4, -0.2) is 39.8 Å². The fraction of sp³-hybridized carbons (Fsp3) is 0.278. The molecule has 0 aliphatic carbocycles. The predicted octanol–water partition coefficient (Wildman–Crippen LogP) is 2.25. The third kappa shape index (κ3) is 3.45. The Bertz CT molecular complexity index is 913. The molecule has 0 fully saturated rings. The minimum Gasteiger partial charge on any atom is -0.495 e. The summed E-state index contributed by atoms with van der Waals surface area (Å²) in [4.78, 5) is 12.7. The van der Waals surface area contributed by atoms with Gasteiger partial charge in [0, 0.05) is 0 Å². The molecular formula is C18H20N2O5S. The SMILES string of the molecule is CCS(=O)(=O)N1C[C@@H](C(=O)Nc2ccccc2OC)Oc2ccccc21. The molecule has 1 heterocycles. The Morgan fingerprint density at radius 2 is 1.92 bits per heavy atom. The summed E-state index contributed by atoms with van der Waals surface area (Å²) in [7, 11) is -2.03. The number of rotatable bonds is 5. The number of fused-ring (bicyclic) bond motifs is 1. The summed E-state index contributed by atoms with van der Waals surface area (Å²) >= 11 is 0. The number of carbonyl (C=O) groups excluding carboxylic acids is 1. The molecule has 0 radical (unpaired) electrons. The third-order valence-corrected chi connectivity index (χ3v) is 5.84. The normalized spacial score (nSPS) is 16.4. The van der Waals surface area contributed by atoms with E-state index in [2.05, 4.69) is 5.32 Å². The number of hydrogen-bond acceptors (Lipinski definition) is 5. The average Bonchev–Trinajstić information content (AvgIpc) is 2.67. The summed E-state index contributed by atoms with van der Waals surface area (Å²) in [5.41, 5.74) is 0.933. The van der Waals surface area contributed by atoms with Crippen molar-refractivity contribution in [2.75, 3.05) is 29.0 Å². The number of hydrogen-bond donors (Lipinski definition) is 1. The number of anilines is 2. The summed E-state index contributed by atoms with van der Waals surface area (Å²) in [6.07, 6.45) is -0.976. The maximum atomic E-state index is 12.7. The second kappa shape index (κ2) is 7.25. The number of nitrogens with one attached hydrogen (secondary N) is 1. The van der Waals surface area contributed by atoms with Gasteiger partial charge in [-0.3, -0.25) is 9.10 Å². The van der Waals surface area contributed by atoms with Gasteiger partial charge in [0.2, 0.25) is 10.0 Å². The first-order valence-electron chi connectivity index (χ1n) is 8.16. The highest BCUT2D eigenvalue weighted by atomic mass is 32.2. The van der Waals surface area contributed by atoms with Gasteiger partial charge in [-0.15, -0.1) is 0 Å². The molecule has 1 aliphatic rings. The molecule has 7 nitrogen and oxygen atoms in total. The zero-order valence-electron chi connectivity index (χ0n) is 14.5. The topological polar surface area (TPSA) is 84.9 Å². The highest BCUT2D eigenvalue weighted by Crippen LogP contribution is 2.35. The van der Waals surface area contributed by atoms with E-state index < -0.39 is 22.0 Å². The molecule has 138 valence electrons. The van der Waals surface area contributed by atoms with E-state index in [1.165, 1.54) is 11.4 Å². The van der Waals surface area contributed by atoms with Gasteiger partial charge < -0.3 is 14.8 Å². The number of nitrogens with zero attached hydrogens (tertiary/aromatic N) is 1. The molecule has 0 bridgehead atoms. The van der Waals surface area contributed by atoms with E-state index in [1.54, 1.807) is 55.5 Å². The van der Waals surface area contributed by atoms with Gasteiger partial charge in [0.1, 0.15) is 11.5 Å². The number of amides is 1. The average molecular weight is 376 g/mol. The summed E-state index contributed by atoms with van der Waals surface area (Å²) in [5.74, 6) is 0.355. The van der Waals surface area contributed by atoms with Crippen molar-refractivity contribution in [3.63, 3.8) is 0 Å². The lowest BCUT2D eigenvalue weighted by Crippen LogP contribution is -2.49. The lowest BCUT2D eigenvalue weighted by atomic mass is 10.2. The first-order valence-corrected chi connectivity index (χ1v) is 9.77. The first kappa shape index (κ1) is 18.1. The Labute approximate surface area is 152 Å². The molecule has 0 aromatic heterocycles. The van der Waals surface area contributed by atoms with Crippen LogP contribution < -0.4 is 19.1 Å². The number of sulfonamides is 1. The molecule has 0 unspecified atom stereocenters. The summed E-state index contributed by atoms with van der Waals surface area (Å²) < 4.78 is 37.1. The predicted molar refractivity (Wildman–Crippen MR) is 99.3 cm³/mol. The summed E-state index contributed by atoms with van der Waals surface area (Å²) in [6, 6.07) is 13.8. The van der Waals surface area contributed by atoms with Crippen molar-refractivity contribution in [3.05, 3.63) is 48.5 Å². The van der Waals surface area contributed by atoms with Crippen molar-refractivity contribution in [2.45, 2.75) is 13.0 Å². The maximum absolute atomic E-state index is 12.7. The van der Waals surface area contributed by atoms with Crippen molar-refractivity contribution in [3.8, 4) is 11.5 Å². The van der Waals surface area contributed by atoms with Crippen molar-refractivity contribution >= 4 is 27.3 Å². The molecule has 1 aliphatic heterocycles. The summed E-state index contributed by atoms with van der Waals surface area (Å²) in [6.45, 7) is 1.48. The Kier molecular flexibility index (Phi) is 5.03. The van der Waals surface area contributed by atoms with E-state index in [9.17, 15) is 13.2 Å². The second-order valence-corrected chi connectivity index (χ2v) is 7.88. The van der Waals surface area contributed by atoms with E-state index in [4.69, 9.17) is 9.47 Å². The van der Waals surface area contributed by atoms with Crippen LogP contribution in [0.15, 0.2) is 48.5 Å². The van der Waals surface area contributed by atoms with Gasteiger partial charge in [-0.1, -0.05) is 24.3 Å². The van der Waals surface area contributed by atoms with Gasteiger partial charge in [-0.2, -0.15) is 0 Å². The lowest BCUT2D eigenvalue weighted by molar-refractivity contribution is -0.122. The van der Waals surface area contributed by atoms with Crippen LogP contribution in [0, 0.1) is 0 Å². The molecule has 0 spiro atoms. The number of methoxy groups -OCH3 is 1. The zero-order chi connectivity index (χ0) is 18.7. The van der Waals surface area contributed by atoms with E-state index in [0.717, 1.165) is 0 Å². The zero-order valence-corrected chi connectivity index (χ0v) is 15.3. The van der Waals surface area contributed by atoms with Gasteiger partial charge >= 0.3 is 0 Å². The fourth-order valence-corrected chi connectivity index (χ4v) is 3.84. The molecule has 2 aromatic rings. The summed E-state index contributed by atoms with van der Waals surface area (Å²) in [5, 5.41) is 2.74. The van der Waals surface area contributed by atoms with Crippen LogP contribution in [0.1, 0.15) is 6.92 Å². The van der Waals surface area contributed by atoms with Gasteiger partial charge in [-0.25, -0.2) is 8.42 Å². The lowest BCUT2D eigenvalue weighted by Gasteiger charge is -2.34. The largest absolute Gasteiger partial charge is 0.495 e. The molecular weight excluding hydrogens is 356 g/mol. The highest BCUT2D eigenvalue weighted by Gasteiger charge is 2.36. The molecule has 0 saturated carbocycles. The number of ether oxygens (including phenoxy) is 2. The van der Waals surface area contributed by atoms with Crippen molar-refractivity contribution < 1.29 is 22.7 Å². The van der Waals surface area contributed by atoms with E-state index in [-0.39, 0.29) is 12.3 Å². The number of benzene rings is 2. The standard InChI is InChI=1S/C18H20N2O5S/c1-3-26(22,23)20-12-17(25-16-11-7-5-9-14(16)20)18(21)19-13-8-4-6-10-15(13)24-2/h4-11,17H,3,12H2,1-2H3,(H,19,21)/t17-/m0/s1. The molecule has 0 saturated heterocycles. The quantitative estimate of drug-likeness (QED) is 0.865. The van der Waals surface area contributed by atoms with Gasteiger partial charge in [-0.05, 0) is 31.2 Å². The third-order valence-electron chi connectivity index (χ3n) is 4.09. The smallest absolute Gasteiger partial charge is 0.267 e. The Balaban J connectivity index is 1.89. The molecule has 3 rings (SSSR count). The molecule has 1 amide bonds. The van der Waals surface area contributed by atoms with Gasteiger partial charge in [0.25, 0.3) is 5.91 Å². The van der Waals surface area contributed by atoms with Crippen LogP contribution in [0.3, 0.4) is 0 Å². The van der Waals surface area contributed by atoms with E-state index >= 15 is 0 Å². The van der Waals surface area contributed by atoms with Crippen LogP contribution in [0.4, 0.5) is 11.4 Å². The molecule has 2 aromatic carbocycles. The Morgan fingerprint density at radius 3 is 2.65 bits per heavy atom. The highest BCUT2D eigenvalue weighted by molar-refractivity contribution is 7.92. The monoisotopic (exact) mass is 376 g/mol. The van der Waals surface area contributed by atoms with E-state index in [1.807, 2.05) is 0 Å². The molecule has 8 heteroatoms.